The zero-order valence-electron chi connectivity index (χ0n) is 14.2. The third-order valence-electron chi connectivity index (χ3n) is 3.13. The number of rotatable bonds is 7. The Hall–Kier alpha value is -1.69. The second-order valence-electron chi connectivity index (χ2n) is 5.12. The topological polar surface area (TPSA) is 106 Å². The maximum atomic E-state index is 12.4. The van der Waals surface area contributed by atoms with E-state index in [-0.39, 0.29) is 28.8 Å². The van der Waals surface area contributed by atoms with Crippen LogP contribution in [0.15, 0.2) is 43.5 Å². The van der Waals surface area contributed by atoms with Crippen molar-refractivity contribution in [3.8, 4) is 0 Å². The minimum atomic E-state index is -3.91. The van der Waals surface area contributed by atoms with E-state index in [1.165, 1.54) is 23.9 Å². The molecule has 0 radical (unpaired) electrons. The molecule has 1 aliphatic heterocycles. The van der Waals surface area contributed by atoms with E-state index in [1.807, 2.05) is 6.92 Å². The molecule has 2 rings (SSSR count). The highest BCUT2D eigenvalue weighted by Gasteiger charge is 2.24. The second-order valence-corrected chi connectivity index (χ2v) is 8.58. The standard InChI is InChI=1S/C15H19N3O5S3/c1-3-22-12(19)8-9-25-15(24)13-14(17-23-16-13)18-26(20,21)11-6-4-10(2)5-7-11/h4-7,16,24H,3,8-9H2,1-2H3,(H,17,18). The van der Waals surface area contributed by atoms with Crippen LogP contribution in [0.25, 0.3) is 0 Å². The SMILES string of the molecule is CCOC(=O)CCSC(S)=C1NON/C1=N\S(=O)(=O)c1ccc(C)cc1. The number of hydroxylamine groups is 2. The van der Waals surface area contributed by atoms with Crippen LogP contribution in [0.4, 0.5) is 0 Å². The first-order valence-corrected chi connectivity index (χ1v) is 10.5. The van der Waals surface area contributed by atoms with Gasteiger partial charge >= 0.3 is 5.97 Å². The number of aryl methyl sites for hydroxylation is 1. The lowest BCUT2D eigenvalue weighted by molar-refractivity contribution is -0.142. The molecule has 26 heavy (non-hydrogen) atoms. The fourth-order valence-electron chi connectivity index (χ4n) is 1.85. The minimum absolute atomic E-state index is 0.0146. The number of hydrogen-bond donors (Lipinski definition) is 3. The quantitative estimate of drug-likeness (QED) is 0.456. The predicted molar refractivity (Wildman–Crippen MR) is 103 cm³/mol. The van der Waals surface area contributed by atoms with Crippen molar-refractivity contribution < 1.29 is 22.9 Å². The van der Waals surface area contributed by atoms with Crippen molar-refractivity contribution in [2.75, 3.05) is 12.4 Å². The van der Waals surface area contributed by atoms with Gasteiger partial charge in [0.2, 0.25) is 0 Å². The minimum Gasteiger partial charge on any atom is -0.466 e. The Labute approximate surface area is 161 Å². The van der Waals surface area contributed by atoms with Gasteiger partial charge in [-0.15, -0.1) is 28.8 Å². The molecule has 1 aromatic carbocycles. The van der Waals surface area contributed by atoms with Gasteiger partial charge in [-0.2, -0.15) is 13.4 Å². The van der Waals surface area contributed by atoms with Gasteiger partial charge in [-0.3, -0.25) is 4.79 Å². The monoisotopic (exact) mass is 417 g/mol. The van der Waals surface area contributed by atoms with Crippen LogP contribution < -0.4 is 11.0 Å². The number of benzene rings is 1. The number of esters is 1. The van der Waals surface area contributed by atoms with Crippen molar-refractivity contribution in [3.63, 3.8) is 0 Å². The number of thiol groups is 1. The van der Waals surface area contributed by atoms with Crippen LogP contribution in [-0.2, 0) is 24.5 Å². The smallest absolute Gasteiger partial charge is 0.306 e. The predicted octanol–water partition coefficient (Wildman–Crippen LogP) is 1.91. The van der Waals surface area contributed by atoms with Gasteiger partial charge in [0.1, 0.15) is 5.70 Å². The first-order chi connectivity index (χ1) is 12.3. The van der Waals surface area contributed by atoms with E-state index in [0.29, 0.717) is 16.6 Å². The molecule has 0 saturated carbocycles. The highest BCUT2D eigenvalue weighted by molar-refractivity contribution is 8.15. The summed E-state index contributed by atoms with van der Waals surface area (Å²) >= 11 is 5.56. The summed E-state index contributed by atoms with van der Waals surface area (Å²) in [7, 11) is -3.91. The average Bonchev–Trinajstić information content (AvgIpc) is 3.03. The molecule has 0 aliphatic carbocycles. The molecule has 0 aromatic heterocycles. The Kier molecular flexibility index (Phi) is 7.38. The number of amidine groups is 1. The van der Waals surface area contributed by atoms with Gasteiger partial charge in [0.05, 0.1) is 22.2 Å². The molecular weight excluding hydrogens is 398 g/mol. The van der Waals surface area contributed by atoms with Crippen molar-refractivity contribution in [3.05, 3.63) is 39.8 Å². The molecule has 2 N–H and O–H groups in total. The largest absolute Gasteiger partial charge is 0.466 e. The average molecular weight is 418 g/mol. The summed E-state index contributed by atoms with van der Waals surface area (Å²) in [6.07, 6.45) is 0.207. The van der Waals surface area contributed by atoms with Gasteiger partial charge < -0.3 is 4.74 Å². The zero-order chi connectivity index (χ0) is 19.2. The van der Waals surface area contributed by atoms with Crippen LogP contribution in [0.3, 0.4) is 0 Å². The van der Waals surface area contributed by atoms with Crippen LogP contribution >= 0.6 is 24.4 Å². The Morgan fingerprint density at radius 2 is 2.00 bits per heavy atom. The summed E-state index contributed by atoms with van der Waals surface area (Å²) in [6, 6.07) is 6.35. The van der Waals surface area contributed by atoms with E-state index in [9.17, 15) is 13.2 Å². The van der Waals surface area contributed by atoms with E-state index in [1.54, 1.807) is 19.1 Å². The Bertz CT molecular complexity index is 819. The molecule has 0 atom stereocenters. The van der Waals surface area contributed by atoms with Gasteiger partial charge in [0.25, 0.3) is 10.0 Å². The Morgan fingerprint density at radius 1 is 1.31 bits per heavy atom. The van der Waals surface area contributed by atoms with Gasteiger partial charge in [0, 0.05) is 5.75 Å². The fraction of sp³-hybridized carbons (Fsp3) is 0.333. The summed E-state index contributed by atoms with van der Waals surface area (Å²) in [5.74, 6) is 0.0934. The normalized spacial score (nSPS) is 17.6. The Morgan fingerprint density at radius 3 is 2.65 bits per heavy atom. The summed E-state index contributed by atoms with van der Waals surface area (Å²) in [5, 5.41) is 0. The molecule has 0 unspecified atom stereocenters. The lowest BCUT2D eigenvalue weighted by Crippen LogP contribution is -2.17. The molecule has 1 aliphatic rings. The number of hydrogen-bond acceptors (Lipinski definition) is 8. The maximum absolute atomic E-state index is 12.4. The number of ether oxygens (including phenoxy) is 1. The van der Waals surface area contributed by atoms with Crippen molar-refractivity contribution in [1.82, 2.24) is 11.0 Å². The molecular formula is C15H19N3O5S3. The lowest BCUT2D eigenvalue weighted by Gasteiger charge is -2.05. The third kappa shape index (κ3) is 5.66. The summed E-state index contributed by atoms with van der Waals surface area (Å²) in [6.45, 7) is 3.92. The Balaban J connectivity index is 2.13. The maximum Gasteiger partial charge on any atom is 0.306 e. The fourth-order valence-corrected chi connectivity index (χ4v) is 3.98. The highest BCUT2D eigenvalue weighted by Crippen LogP contribution is 2.26. The number of carbonyl (C=O) groups is 1. The zero-order valence-corrected chi connectivity index (χ0v) is 16.7. The van der Waals surface area contributed by atoms with E-state index in [0.717, 1.165) is 5.56 Å². The molecule has 8 nitrogen and oxygen atoms in total. The molecule has 0 spiro atoms. The molecule has 11 heteroatoms. The molecule has 1 saturated heterocycles. The lowest BCUT2D eigenvalue weighted by atomic mass is 10.2. The summed E-state index contributed by atoms with van der Waals surface area (Å²) in [5.41, 5.74) is 6.12. The first-order valence-electron chi connectivity index (χ1n) is 7.65. The van der Waals surface area contributed by atoms with Gasteiger partial charge in [-0.25, -0.2) is 11.0 Å². The van der Waals surface area contributed by atoms with Crippen molar-refractivity contribution in [1.29, 1.82) is 0 Å². The third-order valence-corrected chi connectivity index (χ3v) is 5.92. The van der Waals surface area contributed by atoms with E-state index < -0.39 is 10.0 Å². The molecule has 1 heterocycles. The van der Waals surface area contributed by atoms with Crippen molar-refractivity contribution >= 4 is 46.2 Å². The van der Waals surface area contributed by atoms with Gasteiger partial charge in [0.15, 0.2) is 5.84 Å². The summed E-state index contributed by atoms with van der Waals surface area (Å²) in [4.78, 5) is 16.3. The number of sulfonamides is 1. The number of nitrogens with zero attached hydrogens (tertiary/aromatic N) is 1. The van der Waals surface area contributed by atoms with E-state index in [4.69, 9.17) is 9.68 Å². The van der Waals surface area contributed by atoms with Crippen LogP contribution in [0.2, 0.25) is 0 Å². The molecule has 1 fully saturated rings. The van der Waals surface area contributed by atoms with Crippen molar-refractivity contribution in [2.45, 2.75) is 25.2 Å². The van der Waals surface area contributed by atoms with E-state index >= 15 is 0 Å². The molecule has 0 amide bonds. The van der Waals surface area contributed by atoms with E-state index in [2.05, 4.69) is 28.0 Å². The van der Waals surface area contributed by atoms with Crippen LogP contribution in [0.1, 0.15) is 18.9 Å². The highest BCUT2D eigenvalue weighted by atomic mass is 32.2. The van der Waals surface area contributed by atoms with Crippen LogP contribution in [-0.4, -0.2) is 32.6 Å². The van der Waals surface area contributed by atoms with Gasteiger partial charge in [-0.1, -0.05) is 17.7 Å². The number of carbonyl (C=O) groups excluding carboxylic acids is 1. The first kappa shape index (κ1) is 20.6. The number of thioether (sulfide) groups is 1. The van der Waals surface area contributed by atoms with Crippen LogP contribution in [0.5, 0.6) is 0 Å². The molecule has 0 bridgehead atoms. The molecule has 142 valence electrons. The number of nitrogens with one attached hydrogen (secondary N) is 2. The van der Waals surface area contributed by atoms with Crippen LogP contribution in [0, 0.1) is 6.92 Å². The summed E-state index contributed by atoms with van der Waals surface area (Å²) < 4.78 is 33.9. The van der Waals surface area contributed by atoms with Crippen molar-refractivity contribution in [2.24, 2.45) is 4.40 Å². The second kappa shape index (κ2) is 9.31. The molecule has 1 aromatic rings. The van der Waals surface area contributed by atoms with Gasteiger partial charge in [-0.05, 0) is 26.0 Å².